The van der Waals surface area contributed by atoms with Crippen LogP contribution in [0.15, 0.2) is 12.3 Å². The fourth-order valence-electron chi connectivity index (χ4n) is 2.70. The smallest absolute Gasteiger partial charge is 0.272 e. The van der Waals surface area contributed by atoms with Crippen LogP contribution in [-0.2, 0) is 4.74 Å². The molecule has 0 aliphatic carbocycles. The van der Waals surface area contributed by atoms with Crippen LogP contribution in [0.1, 0.15) is 29.8 Å². The molecule has 2 fully saturated rings. The average molecular weight is 281 g/mol. The molecule has 0 aromatic carbocycles. The number of hydrogen-bond acceptors (Lipinski definition) is 4. The predicted molar refractivity (Wildman–Crippen MR) is 74.3 cm³/mol. The molecule has 2 atom stereocenters. The van der Waals surface area contributed by atoms with Crippen molar-refractivity contribution < 1.29 is 9.53 Å². The number of thioether (sulfide) groups is 1. The highest BCUT2D eigenvalue weighted by atomic mass is 32.2. The van der Waals surface area contributed by atoms with E-state index in [1.807, 2.05) is 16.7 Å². The molecule has 2 aliphatic heterocycles. The summed E-state index contributed by atoms with van der Waals surface area (Å²) in [7, 11) is 0. The first-order valence-corrected chi connectivity index (χ1v) is 8.00. The van der Waals surface area contributed by atoms with E-state index < -0.39 is 0 Å². The maximum absolute atomic E-state index is 12.6. The van der Waals surface area contributed by atoms with Gasteiger partial charge in [-0.3, -0.25) is 9.89 Å². The fraction of sp³-hybridized carbons (Fsp3) is 0.692. The number of hydrogen-bond donors (Lipinski definition) is 1. The molecule has 1 amide bonds. The standard InChI is InChI=1S/C13H19N3O2S/c17-13(12-3-5-14-15-12)16(10-4-7-19-9-10)8-11-2-1-6-18-11/h3,5,10-11H,1-2,4,6-9H2,(H,14,15)/t10-,11+/m0/s1. The van der Waals surface area contributed by atoms with Crippen LogP contribution in [0.4, 0.5) is 0 Å². The quantitative estimate of drug-likeness (QED) is 0.909. The Labute approximate surface area is 117 Å². The molecular formula is C13H19N3O2S. The molecule has 0 unspecified atom stereocenters. The monoisotopic (exact) mass is 281 g/mol. The zero-order chi connectivity index (χ0) is 13.1. The molecule has 6 heteroatoms. The molecule has 0 radical (unpaired) electrons. The van der Waals surface area contributed by atoms with Crippen molar-refractivity contribution in [3.05, 3.63) is 18.0 Å². The van der Waals surface area contributed by atoms with Gasteiger partial charge in [-0.15, -0.1) is 0 Å². The van der Waals surface area contributed by atoms with Crippen molar-refractivity contribution in [2.24, 2.45) is 0 Å². The summed E-state index contributed by atoms with van der Waals surface area (Å²) in [6.45, 7) is 1.54. The Bertz CT molecular complexity index is 412. The highest BCUT2D eigenvalue weighted by Gasteiger charge is 2.31. The maximum Gasteiger partial charge on any atom is 0.272 e. The lowest BCUT2D eigenvalue weighted by Gasteiger charge is -2.30. The van der Waals surface area contributed by atoms with Crippen molar-refractivity contribution >= 4 is 17.7 Å². The lowest BCUT2D eigenvalue weighted by Crippen LogP contribution is -2.44. The minimum Gasteiger partial charge on any atom is -0.376 e. The average Bonchev–Trinajstić information content (AvgIpc) is 3.15. The molecule has 1 aromatic heterocycles. The van der Waals surface area contributed by atoms with Gasteiger partial charge in [-0.05, 0) is 31.1 Å². The number of H-pyrrole nitrogens is 1. The van der Waals surface area contributed by atoms with E-state index in [0.29, 0.717) is 18.3 Å². The van der Waals surface area contributed by atoms with Gasteiger partial charge in [0.25, 0.3) is 5.91 Å². The summed E-state index contributed by atoms with van der Waals surface area (Å²) in [4.78, 5) is 14.6. The highest BCUT2D eigenvalue weighted by Crippen LogP contribution is 2.25. The third-order valence-corrected chi connectivity index (χ3v) is 4.91. The van der Waals surface area contributed by atoms with E-state index in [1.165, 1.54) is 0 Å². The molecular weight excluding hydrogens is 262 g/mol. The van der Waals surface area contributed by atoms with Gasteiger partial charge in [-0.1, -0.05) is 0 Å². The molecule has 3 rings (SSSR count). The SMILES string of the molecule is O=C(c1ccn[nH]1)N(C[C@H]1CCCO1)[C@H]1CCSC1. The molecule has 104 valence electrons. The van der Waals surface area contributed by atoms with Crippen LogP contribution in [0.3, 0.4) is 0 Å². The van der Waals surface area contributed by atoms with Gasteiger partial charge in [0, 0.05) is 31.1 Å². The van der Waals surface area contributed by atoms with Crippen LogP contribution in [0, 0.1) is 0 Å². The Morgan fingerprint density at radius 1 is 1.58 bits per heavy atom. The molecule has 19 heavy (non-hydrogen) atoms. The van der Waals surface area contributed by atoms with Gasteiger partial charge < -0.3 is 9.64 Å². The summed E-state index contributed by atoms with van der Waals surface area (Å²) in [5.74, 6) is 2.23. The first-order chi connectivity index (χ1) is 9.34. The van der Waals surface area contributed by atoms with Gasteiger partial charge in [0.1, 0.15) is 5.69 Å². The van der Waals surface area contributed by atoms with Crippen LogP contribution in [0.2, 0.25) is 0 Å². The molecule has 0 bridgehead atoms. The minimum atomic E-state index is 0.0560. The first-order valence-electron chi connectivity index (χ1n) is 6.84. The number of carbonyl (C=O) groups excluding carboxylic acids is 1. The van der Waals surface area contributed by atoms with E-state index in [9.17, 15) is 4.79 Å². The number of amides is 1. The lowest BCUT2D eigenvalue weighted by atomic mass is 10.1. The Kier molecular flexibility index (Phi) is 4.08. The van der Waals surface area contributed by atoms with E-state index in [-0.39, 0.29) is 12.0 Å². The van der Waals surface area contributed by atoms with Crippen molar-refractivity contribution in [2.75, 3.05) is 24.7 Å². The third kappa shape index (κ3) is 2.95. The molecule has 2 aliphatic rings. The Hall–Kier alpha value is -1.01. The molecule has 5 nitrogen and oxygen atoms in total. The number of carbonyl (C=O) groups is 1. The molecule has 0 saturated carbocycles. The summed E-state index contributed by atoms with van der Waals surface area (Å²) in [6, 6.07) is 2.08. The van der Waals surface area contributed by atoms with Crippen molar-refractivity contribution in [2.45, 2.75) is 31.4 Å². The van der Waals surface area contributed by atoms with Gasteiger partial charge >= 0.3 is 0 Å². The second-order valence-corrected chi connectivity index (χ2v) is 6.23. The Morgan fingerprint density at radius 2 is 2.53 bits per heavy atom. The summed E-state index contributed by atoms with van der Waals surface area (Å²) in [5, 5.41) is 6.65. The number of ether oxygens (including phenoxy) is 1. The summed E-state index contributed by atoms with van der Waals surface area (Å²) in [5.41, 5.74) is 0.579. The number of rotatable bonds is 4. The second-order valence-electron chi connectivity index (χ2n) is 5.08. The summed E-state index contributed by atoms with van der Waals surface area (Å²) < 4.78 is 5.68. The van der Waals surface area contributed by atoms with E-state index >= 15 is 0 Å². The van der Waals surface area contributed by atoms with E-state index in [4.69, 9.17) is 4.74 Å². The lowest BCUT2D eigenvalue weighted by molar-refractivity contribution is 0.0437. The number of nitrogens with one attached hydrogen (secondary N) is 1. The van der Waals surface area contributed by atoms with Gasteiger partial charge in [-0.25, -0.2) is 0 Å². The number of aromatic nitrogens is 2. The van der Waals surface area contributed by atoms with Crippen LogP contribution < -0.4 is 0 Å². The van der Waals surface area contributed by atoms with Crippen LogP contribution in [0.5, 0.6) is 0 Å². The zero-order valence-electron chi connectivity index (χ0n) is 10.9. The van der Waals surface area contributed by atoms with Crippen LogP contribution in [0.25, 0.3) is 0 Å². The first kappa shape index (κ1) is 13.0. The molecule has 1 aromatic rings. The minimum absolute atomic E-state index is 0.0560. The second kappa shape index (κ2) is 5.96. The van der Waals surface area contributed by atoms with E-state index in [1.54, 1.807) is 12.3 Å². The topological polar surface area (TPSA) is 58.2 Å². The fourth-order valence-corrected chi connectivity index (χ4v) is 3.93. The third-order valence-electron chi connectivity index (χ3n) is 3.76. The van der Waals surface area contributed by atoms with Crippen LogP contribution >= 0.6 is 11.8 Å². The van der Waals surface area contributed by atoms with Gasteiger partial charge in [0.05, 0.1) is 6.10 Å². The zero-order valence-corrected chi connectivity index (χ0v) is 11.7. The predicted octanol–water partition coefficient (Wildman–Crippen LogP) is 1.54. The summed E-state index contributed by atoms with van der Waals surface area (Å²) in [6.07, 6.45) is 5.08. The van der Waals surface area contributed by atoms with E-state index in [0.717, 1.165) is 37.4 Å². The van der Waals surface area contributed by atoms with E-state index in [2.05, 4.69) is 10.2 Å². The normalized spacial score (nSPS) is 26.7. The molecule has 1 N–H and O–H groups in total. The van der Waals surface area contributed by atoms with Crippen molar-refractivity contribution in [3.8, 4) is 0 Å². The van der Waals surface area contributed by atoms with Crippen molar-refractivity contribution in [1.82, 2.24) is 15.1 Å². The Morgan fingerprint density at radius 3 is 3.16 bits per heavy atom. The largest absolute Gasteiger partial charge is 0.376 e. The van der Waals surface area contributed by atoms with Gasteiger partial charge in [-0.2, -0.15) is 16.9 Å². The van der Waals surface area contributed by atoms with Crippen molar-refractivity contribution in [3.63, 3.8) is 0 Å². The molecule has 2 saturated heterocycles. The number of aromatic amines is 1. The maximum atomic E-state index is 12.6. The Balaban J connectivity index is 1.72. The van der Waals surface area contributed by atoms with Gasteiger partial charge in [0.15, 0.2) is 0 Å². The number of nitrogens with zero attached hydrogens (tertiary/aromatic N) is 2. The van der Waals surface area contributed by atoms with Crippen LogP contribution in [-0.4, -0.2) is 57.8 Å². The van der Waals surface area contributed by atoms with Gasteiger partial charge in [0.2, 0.25) is 0 Å². The highest BCUT2D eigenvalue weighted by molar-refractivity contribution is 7.99. The summed E-state index contributed by atoms with van der Waals surface area (Å²) >= 11 is 1.92. The van der Waals surface area contributed by atoms with Crippen molar-refractivity contribution in [1.29, 1.82) is 0 Å². The molecule has 0 spiro atoms. The molecule has 3 heterocycles.